The van der Waals surface area contributed by atoms with Crippen molar-refractivity contribution in [2.24, 2.45) is 0 Å². The molecule has 2 aromatic carbocycles. The Labute approximate surface area is 193 Å². The summed E-state index contributed by atoms with van der Waals surface area (Å²) in [5.41, 5.74) is 1.38. The number of rotatable bonds is 7. The van der Waals surface area contributed by atoms with Crippen molar-refractivity contribution >= 4 is 29.1 Å². The van der Waals surface area contributed by atoms with E-state index in [1.54, 1.807) is 24.3 Å². The Morgan fingerprint density at radius 3 is 2.47 bits per heavy atom. The third-order valence-electron chi connectivity index (χ3n) is 5.03. The number of carbonyl (C=O) groups is 3. The van der Waals surface area contributed by atoms with E-state index in [1.807, 2.05) is 30.3 Å². The second-order valence-electron chi connectivity index (χ2n) is 7.34. The normalized spacial score (nSPS) is 10.6. The van der Waals surface area contributed by atoms with E-state index in [-0.39, 0.29) is 34.9 Å². The molecule has 2 aromatic heterocycles. The summed E-state index contributed by atoms with van der Waals surface area (Å²) in [6, 6.07) is 18.9. The van der Waals surface area contributed by atoms with Gasteiger partial charge in [-0.05, 0) is 29.8 Å². The number of hydrogen-bond donors (Lipinski definition) is 2. The summed E-state index contributed by atoms with van der Waals surface area (Å²) >= 11 is 0. The largest absolute Gasteiger partial charge is 0.465 e. The van der Waals surface area contributed by atoms with Crippen molar-refractivity contribution in [3.8, 4) is 0 Å². The first-order valence-corrected chi connectivity index (χ1v) is 10.3. The number of nitrogens with one attached hydrogen (secondary N) is 2. The zero-order chi connectivity index (χ0) is 24.1. The Balaban J connectivity index is 1.48. The first kappa shape index (κ1) is 22.5. The maximum Gasteiger partial charge on any atom is 0.350 e. The summed E-state index contributed by atoms with van der Waals surface area (Å²) in [6.07, 6.45) is 1.38. The highest BCUT2D eigenvalue weighted by Gasteiger charge is 2.16. The van der Waals surface area contributed by atoms with Crippen molar-refractivity contribution in [3.05, 3.63) is 100 Å². The van der Waals surface area contributed by atoms with Crippen molar-refractivity contribution in [1.82, 2.24) is 19.5 Å². The highest BCUT2D eigenvalue weighted by atomic mass is 16.5. The number of nitrogens with zero attached hydrogens (tertiary/aromatic N) is 3. The van der Waals surface area contributed by atoms with Crippen molar-refractivity contribution in [3.63, 3.8) is 0 Å². The van der Waals surface area contributed by atoms with Gasteiger partial charge in [-0.25, -0.2) is 18.7 Å². The molecule has 0 aliphatic rings. The Kier molecular flexibility index (Phi) is 6.49. The highest BCUT2D eigenvalue weighted by molar-refractivity contribution is 6.01. The quantitative estimate of drug-likeness (QED) is 0.407. The van der Waals surface area contributed by atoms with Crippen LogP contribution in [0.5, 0.6) is 0 Å². The molecule has 0 aliphatic carbocycles. The maximum atomic E-state index is 12.8. The fourth-order valence-corrected chi connectivity index (χ4v) is 3.34. The van der Waals surface area contributed by atoms with Crippen LogP contribution < -0.4 is 16.3 Å². The molecule has 10 nitrogen and oxygen atoms in total. The zero-order valence-corrected chi connectivity index (χ0v) is 18.2. The van der Waals surface area contributed by atoms with Crippen molar-refractivity contribution in [2.45, 2.75) is 13.1 Å². The number of ether oxygens (including phenoxy) is 1. The van der Waals surface area contributed by atoms with Crippen LogP contribution >= 0.6 is 0 Å². The maximum absolute atomic E-state index is 12.8. The molecule has 0 saturated carbocycles. The van der Waals surface area contributed by atoms with Gasteiger partial charge in [-0.1, -0.05) is 42.5 Å². The van der Waals surface area contributed by atoms with Gasteiger partial charge in [-0.2, -0.15) is 0 Å². The molecular formula is C24H21N5O5. The number of esters is 1. The zero-order valence-electron chi connectivity index (χ0n) is 18.2. The standard InChI is InChI=1S/C24H21N5O5/c1-34-23(32)18-9-5-6-10-19(18)26-21(30)15-29-24(33)28-14-17(11-12-20(28)27-29)22(31)25-13-16-7-3-2-4-8-16/h2-12,14H,13,15H2,1H3,(H,25,31)(H,26,30). The number of pyridine rings is 1. The Morgan fingerprint density at radius 2 is 1.71 bits per heavy atom. The van der Waals surface area contributed by atoms with E-state index in [0.717, 1.165) is 10.2 Å². The van der Waals surface area contributed by atoms with Gasteiger partial charge in [0.05, 0.1) is 23.9 Å². The third-order valence-corrected chi connectivity index (χ3v) is 5.03. The van der Waals surface area contributed by atoms with Gasteiger partial charge in [0, 0.05) is 12.7 Å². The monoisotopic (exact) mass is 459 g/mol. The number of aromatic nitrogens is 3. The van der Waals surface area contributed by atoms with Crippen LogP contribution in [0.3, 0.4) is 0 Å². The molecule has 2 amide bonds. The van der Waals surface area contributed by atoms with E-state index in [2.05, 4.69) is 15.7 Å². The number of para-hydroxylation sites is 1. The molecule has 0 bridgehead atoms. The van der Waals surface area contributed by atoms with E-state index < -0.39 is 17.6 Å². The van der Waals surface area contributed by atoms with Crippen LogP contribution in [-0.2, 0) is 22.6 Å². The van der Waals surface area contributed by atoms with Gasteiger partial charge in [-0.15, -0.1) is 5.10 Å². The molecule has 10 heteroatoms. The van der Waals surface area contributed by atoms with Crippen LogP contribution in [0.25, 0.3) is 5.65 Å². The van der Waals surface area contributed by atoms with E-state index in [9.17, 15) is 19.2 Å². The summed E-state index contributed by atoms with van der Waals surface area (Å²) in [7, 11) is 1.24. The predicted molar refractivity (Wildman–Crippen MR) is 123 cm³/mol. The molecule has 172 valence electrons. The summed E-state index contributed by atoms with van der Waals surface area (Å²) in [5, 5.41) is 9.54. The summed E-state index contributed by atoms with van der Waals surface area (Å²) in [5.74, 6) is -1.50. The van der Waals surface area contributed by atoms with Crippen LogP contribution in [-0.4, -0.2) is 39.1 Å². The third kappa shape index (κ3) is 4.85. The fraction of sp³-hybridized carbons (Fsp3) is 0.125. The molecule has 0 saturated heterocycles. The molecule has 4 rings (SSSR count). The minimum Gasteiger partial charge on any atom is -0.465 e. The molecule has 0 unspecified atom stereocenters. The molecule has 0 atom stereocenters. The fourth-order valence-electron chi connectivity index (χ4n) is 3.34. The second-order valence-corrected chi connectivity index (χ2v) is 7.34. The molecule has 0 fully saturated rings. The van der Waals surface area contributed by atoms with E-state index in [0.29, 0.717) is 6.54 Å². The van der Waals surface area contributed by atoms with Crippen molar-refractivity contribution < 1.29 is 19.1 Å². The molecule has 0 aliphatic heterocycles. The first-order valence-electron chi connectivity index (χ1n) is 10.3. The van der Waals surface area contributed by atoms with Gasteiger partial charge in [-0.3, -0.25) is 9.59 Å². The second kappa shape index (κ2) is 9.82. The van der Waals surface area contributed by atoms with Gasteiger partial charge in [0.15, 0.2) is 5.65 Å². The van der Waals surface area contributed by atoms with E-state index in [1.165, 1.54) is 29.8 Å². The predicted octanol–water partition coefficient (Wildman–Crippen LogP) is 1.85. The first-order chi connectivity index (χ1) is 16.5. The lowest BCUT2D eigenvalue weighted by Gasteiger charge is -2.09. The lowest BCUT2D eigenvalue weighted by molar-refractivity contribution is -0.117. The molecule has 4 aromatic rings. The number of methoxy groups -OCH3 is 1. The summed E-state index contributed by atoms with van der Waals surface area (Å²) in [6.45, 7) is -0.0371. The minimum absolute atomic E-state index is 0.187. The van der Waals surface area contributed by atoms with E-state index >= 15 is 0 Å². The number of fused-ring (bicyclic) bond motifs is 1. The number of benzene rings is 2. The molecule has 2 N–H and O–H groups in total. The van der Waals surface area contributed by atoms with Crippen LogP contribution in [0.1, 0.15) is 26.3 Å². The van der Waals surface area contributed by atoms with Crippen LogP contribution in [0.2, 0.25) is 0 Å². The van der Waals surface area contributed by atoms with Gasteiger partial charge in [0.2, 0.25) is 5.91 Å². The Hall–Kier alpha value is -4.73. The molecule has 0 radical (unpaired) electrons. The Bertz CT molecular complexity index is 1420. The highest BCUT2D eigenvalue weighted by Crippen LogP contribution is 2.16. The van der Waals surface area contributed by atoms with Gasteiger partial charge >= 0.3 is 11.7 Å². The molecule has 0 spiro atoms. The molecular weight excluding hydrogens is 438 g/mol. The minimum atomic E-state index is -0.598. The lowest BCUT2D eigenvalue weighted by Crippen LogP contribution is -2.29. The van der Waals surface area contributed by atoms with Gasteiger partial charge in [0.25, 0.3) is 5.91 Å². The van der Waals surface area contributed by atoms with Crippen LogP contribution in [0, 0.1) is 0 Å². The molecule has 2 heterocycles. The number of hydrogen-bond acceptors (Lipinski definition) is 6. The number of anilines is 1. The Morgan fingerprint density at radius 1 is 0.971 bits per heavy atom. The average molecular weight is 459 g/mol. The van der Waals surface area contributed by atoms with Crippen molar-refractivity contribution in [2.75, 3.05) is 12.4 Å². The smallest absolute Gasteiger partial charge is 0.350 e. The summed E-state index contributed by atoms with van der Waals surface area (Å²) in [4.78, 5) is 49.7. The average Bonchev–Trinajstić information content (AvgIpc) is 3.17. The lowest BCUT2D eigenvalue weighted by atomic mass is 10.2. The van der Waals surface area contributed by atoms with Crippen LogP contribution in [0.4, 0.5) is 5.69 Å². The molecule has 34 heavy (non-hydrogen) atoms. The van der Waals surface area contributed by atoms with Gasteiger partial charge in [0.1, 0.15) is 6.54 Å². The van der Waals surface area contributed by atoms with Crippen LogP contribution in [0.15, 0.2) is 77.7 Å². The summed E-state index contributed by atoms with van der Waals surface area (Å²) < 4.78 is 6.90. The van der Waals surface area contributed by atoms with E-state index in [4.69, 9.17) is 4.74 Å². The number of amides is 2. The van der Waals surface area contributed by atoms with Gasteiger partial charge < -0.3 is 15.4 Å². The number of carbonyl (C=O) groups excluding carboxylic acids is 3. The SMILES string of the molecule is COC(=O)c1ccccc1NC(=O)Cn1nc2ccc(C(=O)NCc3ccccc3)cn2c1=O. The topological polar surface area (TPSA) is 124 Å². The van der Waals surface area contributed by atoms with Crippen molar-refractivity contribution in [1.29, 1.82) is 0 Å².